The summed E-state index contributed by atoms with van der Waals surface area (Å²) in [4.78, 5) is 0. The van der Waals surface area contributed by atoms with Gasteiger partial charge in [-0.25, -0.2) is 0 Å². The van der Waals surface area contributed by atoms with Crippen LogP contribution in [0.2, 0.25) is 0 Å². The molecule has 324 valence electrons. The van der Waals surface area contributed by atoms with Gasteiger partial charge in [0.25, 0.3) is 0 Å². The van der Waals surface area contributed by atoms with Gasteiger partial charge < -0.3 is 0 Å². The van der Waals surface area contributed by atoms with E-state index in [2.05, 4.69) is 267 Å². The second-order valence-corrected chi connectivity index (χ2v) is 18.7. The summed E-state index contributed by atoms with van der Waals surface area (Å²) in [5.41, 5.74) is 14.8. The van der Waals surface area contributed by atoms with E-state index in [-0.39, 0.29) is 0 Å². The highest BCUT2D eigenvalue weighted by Gasteiger charge is 2.20. The molecule has 0 aromatic heterocycles. The van der Waals surface area contributed by atoms with Crippen molar-refractivity contribution in [3.05, 3.63) is 267 Å². The van der Waals surface area contributed by atoms with Crippen molar-refractivity contribution in [2.24, 2.45) is 0 Å². The highest BCUT2D eigenvalue weighted by molar-refractivity contribution is 6.24. The van der Waals surface area contributed by atoms with Crippen LogP contribution in [0.25, 0.3) is 142 Å². The van der Waals surface area contributed by atoms with Gasteiger partial charge in [-0.1, -0.05) is 243 Å². The molecule has 14 aromatic carbocycles. The molecule has 0 nitrogen and oxygen atoms in total. The van der Waals surface area contributed by atoms with E-state index in [0.29, 0.717) is 0 Å². The first-order valence-corrected chi connectivity index (χ1v) is 24.3. The van der Waals surface area contributed by atoms with Crippen LogP contribution >= 0.6 is 0 Å². The molecule has 0 radical (unpaired) electrons. The smallest absolute Gasteiger partial charge is 0.00262 e. The molecule has 0 N–H and O–H groups in total. The third-order valence-corrected chi connectivity index (χ3v) is 14.8. The zero-order valence-corrected chi connectivity index (χ0v) is 38.4. The lowest BCUT2D eigenvalue weighted by molar-refractivity contribution is 1.62. The first kappa shape index (κ1) is 40.0. The zero-order chi connectivity index (χ0) is 46.1. The van der Waals surface area contributed by atoms with Crippen LogP contribution in [0.5, 0.6) is 0 Å². The Balaban J connectivity index is 0.905. The molecule has 0 amide bonds. The van der Waals surface area contributed by atoms with Gasteiger partial charge in [0.1, 0.15) is 0 Å². The number of rotatable bonds is 6. The van der Waals surface area contributed by atoms with Gasteiger partial charge >= 0.3 is 0 Å². The Hall–Kier alpha value is -9.10. The largest absolute Gasteiger partial charge is 0.0622 e. The summed E-state index contributed by atoms with van der Waals surface area (Å²) >= 11 is 0. The van der Waals surface area contributed by atoms with Crippen molar-refractivity contribution in [2.45, 2.75) is 0 Å². The van der Waals surface area contributed by atoms with Gasteiger partial charge in [-0.05, 0) is 166 Å². The van der Waals surface area contributed by atoms with E-state index in [1.165, 1.54) is 142 Å². The number of benzene rings is 14. The van der Waals surface area contributed by atoms with Crippen LogP contribution < -0.4 is 0 Å². The third-order valence-electron chi connectivity index (χ3n) is 14.8. The first-order chi connectivity index (χ1) is 34.7. The van der Waals surface area contributed by atoms with Gasteiger partial charge in [-0.2, -0.15) is 0 Å². The van der Waals surface area contributed by atoms with Gasteiger partial charge in [-0.15, -0.1) is 0 Å². The van der Waals surface area contributed by atoms with Gasteiger partial charge in [0, 0.05) is 0 Å². The van der Waals surface area contributed by atoms with E-state index >= 15 is 0 Å². The molecule has 0 heterocycles. The predicted octanol–water partition coefficient (Wildman–Crippen LogP) is 19.8. The summed E-state index contributed by atoms with van der Waals surface area (Å²) in [6, 6.07) is 98.9. The fourth-order valence-electron chi connectivity index (χ4n) is 11.6. The molecule has 14 rings (SSSR count). The molecule has 14 aromatic rings. The molecule has 0 spiro atoms. The molecule has 0 aliphatic carbocycles. The fraction of sp³-hybridized carbons (Fsp3) is 0. The van der Waals surface area contributed by atoms with Crippen molar-refractivity contribution in [2.75, 3.05) is 0 Å². The average Bonchev–Trinajstić information content (AvgIpc) is 3.44. The molecule has 0 saturated carbocycles. The van der Waals surface area contributed by atoms with E-state index in [9.17, 15) is 0 Å². The Bertz CT molecular complexity index is 4310. The number of hydrogen-bond donors (Lipinski definition) is 0. The molecular weight excluding hydrogens is 841 g/mol. The molecule has 0 unspecified atom stereocenters. The lowest BCUT2D eigenvalue weighted by Crippen LogP contribution is -1.93. The maximum atomic E-state index is 2.40. The monoisotopic (exact) mass is 884 g/mol. The van der Waals surface area contributed by atoms with E-state index in [1.807, 2.05) is 0 Å². The standard InChI is InChI=1S/C70H44/c1-3-17-45(18-4-1)51-39-40-64-66(43-51)69(46-19-5-2-6-20-46)61-28-14-11-25-58(61)68(64)48-33-31-47(32-34-48)67-59-26-12-15-29-62(59)70(63-30-16-13-27-60(63)67)54-38-36-49-41-53(37-35-50(49)42-54)65-44-52-21-7-8-22-55(52)56-23-9-10-24-57(56)65/h1-44H. The maximum Gasteiger partial charge on any atom is -0.00262 e. The minimum atomic E-state index is 1.20. The topological polar surface area (TPSA) is 0 Å². The summed E-state index contributed by atoms with van der Waals surface area (Å²) in [6.45, 7) is 0. The third kappa shape index (κ3) is 6.45. The van der Waals surface area contributed by atoms with Crippen molar-refractivity contribution in [3.8, 4) is 66.8 Å². The number of hydrogen-bond acceptors (Lipinski definition) is 0. The van der Waals surface area contributed by atoms with Gasteiger partial charge in [0.15, 0.2) is 0 Å². The molecule has 0 bridgehead atoms. The van der Waals surface area contributed by atoms with E-state index < -0.39 is 0 Å². The van der Waals surface area contributed by atoms with E-state index in [4.69, 9.17) is 0 Å². The maximum absolute atomic E-state index is 2.40. The SMILES string of the molecule is c1ccc(-c2ccc3c(-c4ccc(-c5c6ccccc6c(-c6ccc7cc(-c8cc9ccccc9c9ccccc89)ccc7c6)c6ccccc56)cc4)c4ccccc4c(-c4ccccc4)c3c2)cc1. The van der Waals surface area contributed by atoms with Crippen LogP contribution in [-0.4, -0.2) is 0 Å². The Morgan fingerprint density at radius 2 is 0.500 bits per heavy atom. The van der Waals surface area contributed by atoms with Crippen molar-refractivity contribution in [1.29, 1.82) is 0 Å². The fourth-order valence-corrected chi connectivity index (χ4v) is 11.6. The molecule has 0 fully saturated rings. The minimum absolute atomic E-state index is 1.20. The summed E-state index contributed by atoms with van der Waals surface area (Å²) in [5.74, 6) is 0. The lowest BCUT2D eigenvalue weighted by Gasteiger charge is -2.20. The molecule has 0 atom stereocenters. The quantitative estimate of drug-likeness (QED) is 0.115. The van der Waals surface area contributed by atoms with Gasteiger partial charge in [0.05, 0.1) is 0 Å². The summed E-state index contributed by atoms with van der Waals surface area (Å²) < 4.78 is 0. The van der Waals surface area contributed by atoms with E-state index in [1.54, 1.807) is 0 Å². The molecule has 0 saturated heterocycles. The Kier molecular flexibility index (Phi) is 9.32. The van der Waals surface area contributed by atoms with Crippen LogP contribution in [0.1, 0.15) is 0 Å². The van der Waals surface area contributed by atoms with Crippen LogP contribution in [0.15, 0.2) is 267 Å². The van der Waals surface area contributed by atoms with Crippen LogP contribution in [-0.2, 0) is 0 Å². The Labute approximate surface area is 407 Å². The summed E-state index contributed by atoms with van der Waals surface area (Å²) in [5, 5.41) is 17.6. The first-order valence-electron chi connectivity index (χ1n) is 24.3. The molecular formula is C70H44. The zero-order valence-electron chi connectivity index (χ0n) is 38.4. The van der Waals surface area contributed by atoms with Crippen molar-refractivity contribution in [1.82, 2.24) is 0 Å². The van der Waals surface area contributed by atoms with Crippen molar-refractivity contribution < 1.29 is 0 Å². The summed E-state index contributed by atoms with van der Waals surface area (Å²) in [7, 11) is 0. The van der Waals surface area contributed by atoms with Crippen molar-refractivity contribution in [3.63, 3.8) is 0 Å². The predicted molar refractivity (Wildman–Crippen MR) is 302 cm³/mol. The minimum Gasteiger partial charge on any atom is -0.0622 e. The molecule has 70 heavy (non-hydrogen) atoms. The number of fused-ring (bicyclic) bond motifs is 8. The Morgan fingerprint density at radius 3 is 1.06 bits per heavy atom. The average molecular weight is 885 g/mol. The van der Waals surface area contributed by atoms with Crippen molar-refractivity contribution >= 4 is 75.4 Å². The highest BCUT2D eigenvalue weighted by Crippen LogP contribution is 2.48. The highest BCUT2D eigenvalue weighted by atomic mass is 14.2. The Morgan fingerprint density at radius 1 is 0.143 bits per heavy atom. The second kappa shape index (κ2) is 16.3. The van der Waals surface area contributed by atoms with Crippen LogP contribution in [0.3, 0.4) is 0 Å². The molecule has 0 aliphatic heterocycles. The normalized spacial score (nSPS) is 11.7. The summed E-state index contributed by atoms with van der Waals surface area (Å²) in [6.07, 6.45) is 0. The molecule has 0 heteroatoms. The van der Waals surface area contributed by atoms with Gasteiger partial charge in [0.2, 0.25) is 0 Å². The van der Waals surface area contributed by atoms with E-state index in [0.717, 1.165) is 0 Å². The second-order valence-electron chi connectivity index (χ2n) is 18.7. The molecule has 0 aliphatic rings. The van der Waals surface area contributed by atoms with Crippen LogP contribution in [0.4, 0.5) is 0 Å². The van der Waals surface area contributed by atoms with Crippen LogP contribution in [0, 0.1) is 0 Å². The van der Waals surface area contributed by atoms with Gasteiger partial charge in [-0.3, -0.25) is 0 Å². The lowest BCUT2D eigenvalue weighted by atomic mass is 9.83.